The first kappa shape index (κ1) is 17.7. The zero-order valence-electron chi connectivity index (χ0n) is 12.2. The summed E-state index contributed by atoms with van der Waals surface area (Å²) < 4.78 is 26.1. The van der Waals surface area contributed by atoms with Gasteiger partial charge >= 0.3 is 0 Å². The van der Waals surface area contributed by atoms with E-state index in [4.69, 9.17) is 5.73 Å². The number of hydrogen-bond acceptors (Lipinski definition) is 3. The zero-order valence-corrected chi connectivity index (χ0v) is 12.2. The maximum Gasteiger partial charge on any atom is 0.240 e. The second-order valence-electron chi connectivity index (χ2n) is 4.91. The van der Waals surface area contributed by atoms with Gasteiger partial charge in [0.25, 0.3) is 0 Å². The average Bonchev–Trinajstić information content (AvgIpc) is 2.41. The van der Waals surface area contributed by atoms with Crippen LogP contribution in [-0.4, -0.2) is 23.6 Å². The molecule has 120 valence electrons. The van der Waals surface area contributed by atoms with Crippen molar-refractivity contribution in [3.05, 3.63) is 35.4 Å². The van der Waals surface area contributed by atoms with E-state index >= 15 is 0 Å². The van der Waals surface area contributed by atoms with Crippen LogP contribution in [0.4, 0.5) is 8.78 Å². The molecule has 0 saturated heterocycles. The normalized spacial score (nSPS) is 11.8. The first-order valence-electron chi connectivity index (χ1n) is 6.87. The van der Waals surface area contributed by atoms with Gasteiger partial charge in [0.15, 0.2) is 0 Å². The van der Waals surface area contributed by atoms with Gasteiger partial charge in [-0.3, -0.25) is 14.4 Å². The Labute approximate surface area is 126 Å². The van der Waals surface area contributed by atoms with E-state index < -0.39 is 29.5 Å². The van der Waals surface area contributed by atoms with Crippen LogP contribution in [0.15, 0.2) is 18.2 Å². The van der Waals surface area contributed by atoms with Crippen molar-refractivity contribution < 1.29 is 23.2 Å². The highest BCUT2D eigenvalue weighted by Crippen LogP contribution is 2.09. The summed E-state index contributed by atoms with van der Waals surface area (Å²) in [4.78, 5) is 34.3. The molecule has 0 radical (unpaired) electrons. The van der Waals surface area contributed by atoms with Crippen LogP contribution in [0.5, 0.6) is 0 Å². The van der Waals surface area contributed by atoms with Crippen molar-refractivity contribution in [1.82, 2.24) is 5.32 Å². The van der Waals surface area contributed by atoms with Crippen LogP contribution in [0.1, 0.15) is 31.7 Å². The number of halogens is 2. The molecule has 7 heteroatoms. The summed E-state index contributed by atoms with van der Waals surface area (Å²) in [6.07, 6.45) is 0.270. The minimum absolute atomic E-state index is 0.0484. The summed E-state index contributed by atoms with van der Waals surface area (Å²) >= 11 is 0. The van der Waals surface area contributed by atoms with Gasteiger partial charge in [-0.1, -0.05) is 6.92 Å². The molecule has 0 bridgehead atoms. The Balaban J connectivity index is 2.63. The van der Waals surface area contributed by atoms with Crippen LogP contribution in [0.2, 0.25) is 0 Å². The van der Waals surface area contributed by atoms with Crippen LogP contribution >= 0.6 is 0 Å². The van der Waals surface area contributed by atoms with E-state index in [9.17, 15) is 23.2 Å². The molecular formula is C15H18F2N2O3. The quantitative estimate of drug-likeness (QED) is 0.757. The lowest BCUT2D eigenvalue weighted by Crippen LogP contribution is -2.45. The summed E-state index contributed by atoms with van der Waals surface area (Å²) in [5, 5.41) is 2.37. The third-order valence-corrected chi connectivity index (χ3v) is 3.07. The summed E-state index contributed by atoms with van der Waals surface area (Å²) in [5.41, 5.74) is 5.31. The molecule has 3 N–H and O–H groups in total. The summed E-state index contributed by atoms with van der Waals surface area (Å²) in [6.45, 7) is 1.69. The molecule has 0 saturated carbocycles. The van der Waals surface area contributed by atoms with Crippen LogP contribution in [0.25, 0.3) is 0 Å². The zero-order chi connectivity index (χ0) is 16.7. The Morgan fingerprint density at radius 3 is 2.27 bits per heavy atom. The van der Waals surface area contributed by atoms with Crippen molar-refractivity contribution >= 4 is 17.6 Å². The maximum absolute atomic E-state index is 13.0. The molecule has 22 heavy (non-hydrogen) atoms. The second kappa shape index (κ2) is 8.21. The lowest BCUT2D eigenvalue weighted by atomic mass is 10.1. The highest BCUT2D eigenvalue weighted by molar-refractivity contribution is 5.88. The van der Waals surface area contributed by atoms with Crippen LogP contribution in [-0.2, 0) is 20.8 Å². The molecule has 2 amide bonds. The second-order valence-corrected chi connectivity index (χ2v) is 4.91. The number of Topliss-reactive ketones (excluding diaryl/α,β-unsaturated/α-hetero) is 1. The molecule has 0 aliphatic rings. The van der Waals surface area contributed by atoms with Crippen molar-refractivity contribution in [1.29, 1.82) is 0 Å². The number of hydrogen-bond donors (Lipinski definition) is 2. The number of benzene rings is 1. The number of carbonyl (C=O) groups excluding carboxylic acids is 3. The summed E-state index contributed by atoms with van der Waals surface area (Å²) in [6, 6.07) is 1.77. The Bertz CT molecular complexity index is 556. The van der Waals surface area contributed by atoms with E-state index in [1.54, 1.807) is 6.92 Å². The molecule has 5 nitrogen and oxygen atoms in total. The molecule has 1 atom stereocenters. The SMILES string of the molecule is CCC(=O)CC[C@@H](NC(=O)Cc1cc(F)cc(F)c1)C(N)=O. The predicted octanol–water partition coefficient (Wildman–Crippen LogP) is 1.24. The molecule has 0 heterocycles. The molecule has 1 aromatic carbocycles. The van der Waals surface area contributed by atoms with Crippen LogP contribution in [0.3, 0.4) is 0 Å². The third-order valence-electron chi connectivity index (χ3n) is 3.07. The molecule has 1 rings (SSSR count). The van der Waals surface area contributed by atoms with Gasteiger partial charge in [0.1, 0.15) is 23.5 Å². The molecule has 0 aliphatic carbocycles. The summed E-state index contributed by atoms with van der Waals surface area (Å²) in [7, 11) is 0. The van der Waals surface area contributed by atoms with Crippen molar-refractivity contribution in [2.45, 2.75) is 38.6 Å². The smallest absolute Gasteiger partial charge is 0.240 e. The minimum atomic E-state index is -0.985. The number of carbonyl (C=O) groups is 3. The molecule has 0 aliphatic heterocycles. The van der Waals surface area contributed by atoms with E-state index in [2.05, 4.69) is 5.32 Å². The highest BCUT2D eigenvalue weighted by Gasteiger charge is 2.19. The highest BCUT2D eigenvalue weighted by atomic mass is 19.1. The topological polar surface area (TPSA) is 89.3 Å². The van der Waals surface area contributed by atoms with Crippen molar-refractivity contribution in [2.75, 3.05) is 0 Å². The monoisotopic (exact) mass is 312 g/mol. The molecule has 0 unspecified atom stereocenters. The van der Waals surface area contributed by atoms with E-state index in [0.29, 0.717) is 12.5 Å². The van der Waals surface area contributed by atoms with Crippen molar-refractivity contribution in [3.8, 4) is 0 Å². The first-order valence-corrected chi connectivity index (χ1v) is 6.87. The van der Waals surface area contributed by atoms with Gasteiger partial charge in [0.2, 0.25) is 11.8 Å². The standard InChI is InChI=1S/C15H18F2N2O3/c1-2-12(20)3-4-13(15(18)22)19-14(21)7-9-5-10(16)8-11(17)6-9/h5-6,8,13H,2-4,7H2,1H3,(H2,18,22)(H,19,21)/t13-/m1/s1. The largest absolute Gasteiger partial charge is 0.368 e. The van der Waals surface area contributed by atoms with E-state index in [1.165, 1.54) is 0 Å². The Kier molecular flexibility index (Phi) is 6.62. The minimum Gasteiger partial charge on any atom is -0.368 e. The van der Waals surface area contributed by atoms with Gasteiger partial charge in [-0.15, -0.1) is 0 Å². The fourth-order valence-electron chi connectivity index (χ4n) is 1.91. The number of ketones is 1. The van der Waals surface area contributed by atoms with Gasteiger partial charge in [-0.2, -0.15) is 0 Å². The number of amides is 2. The summed E-state index contributed by atoms with van der Waals surface area (Å²) in [5.74, 6) is -2.99. The van der Waals surface area contributed by atoms with Crippen LogP contribution < -0.4 is 11.1 Å². The van der Waals surface area contributed by atoms with Gasteiger partial charge in [0.05, 0.1) is 6.42 Å². The Morgan fingerprint density at radius 1 is 1.18 bits per heavy atom. The average molecular weight is 312 g/mol. The molecular weight excluding hydrogens is 294 g/mol. The predicted molar refractivity (Wildman–Crippen MR) is 75.7 cm³/mol. The third kappa shape index (κ3) is 5.99. The van der Waals surface area contributed by atoms with Gasteiger partial charge in [0, 0.05) is 18.9 Å². The Hall–Kier alpha value is -2.31. The maximum atomic E-state index is 13.0. The number of nitrogens with two attached hydrogens (primary N) is 1. The van der Waals surface area contributed by atoms with E-state index in [0.717, 1.165) is 12.1 Å². The van der Waals surface area contributed by atoms with Crippen molar-refractivity contribution in [3.63, 3.8) is 0 Å². The molecule has 0 fully saturated rings. The van der Waals surface area contributed by atoms with Gasteiger partial charge in [-0.05, 0) is 24.1 Å². The molecule has 0 aromatic heterocycles. The number of rotatable bonds is 8. The van der Waals surface area contributed by atoms with Crippen LogP contribution in [0, 0.1) is 11.6 Å². The van der Waals surface area contributed by atoms with Gasteiger partial charge < -0.3 is 11.1 Å². The molecule has 0 spiro atoms. The van der Waals surface area contributed by atoms with Crippen molar-refractivity contribution in [2.24, 2.45) is 5.73 Å². The van der Waals surface area contributed by atoms with Gasteiger partial charge in [-0.25, -0.2) is 8.78 Å². The van der Waals surface area contributed by atoms with E-state index in [1.807, 2.05) is 0 Å². The lowest BCUT2D eigenvalue weighted by molar-refractivity contribution is -0.127. The Morgan fingerprint density at radius 2 is 1.77 bits per heavy atom. The van der Waals surface area contributed by atoms with E-state index in [-0.39, 0.29) is 30.6 Å². The lowest BCUT2D eigenvalue weighted by Gasteiger charge is -2.15. The molecule has 1 aromatic rings. The first-order chi connectivity index (χ1) is 10.3. The number of nitrogens with one attached hydrogen (secondary N) is 1. The fourth-order valence-corrected chi connectivity index (χ4v) is 1.91. The number of primary amides is 1. The fraction of sp³-hybridized carbons (Fsp3) is 0.400.